The molecule has 8 nitrogen and oxygen atoms in total. The van der Waals surface area contributed by atoms with Gasteiger partial charge in [-0.05, 0) is 39.0 Å². The number of hydrogen-bond donors (Lipinski definition) is 0. The molecule has 1 fully saturated rings. The van der Waals surface area contributed by atoms with Gasteiger partial charge in [-0.2, -0.15) is 15.0 Å². The van der Waals surface area contributed by atoms with E-state index in [4.69, 9.17) is 9.47 Å². The SMILES string of the molecule is Cc1ccc(-n2nccn2)c(C(=O)N2CC(COc3ncccc3C)OCC2C)c1. The molecule has 0 spiro atoms. The third kappa shape index (κ3) is 4.18. The molecule has 1 aliphatic rings. The van der Waals surface area contributed by atoms with Gasteiger partial charge in [-0.15, -0.1) is 0 Å². The molecular weight excluding hydrogens is 382 g/mol. The Bertz CT molecular complexity index is 1020. The number of ether oxygens (including phenoxy) is 2. The second-order valence-corrected chi connectivity index (χ2v) is 7.54. The largest absolute Gasteiger partial charge is 0.475 e. The van der Waals surface area contributed by atoms with E-state index in [9.17, 15) is 4.79 Å². The summed E-state index contributed by atoms with van der Waals surface area (Å²) >= 11 is 0. The van der Waals surface area contributed by atoms with Crippen LogP contribution in [0.15, 0.2) is 48.9 Å². The first-order valence-corrected chi connectivity index (χ1v) is 9.97. The maximum absolute atomic E-state index is 13.5. The summed E-state index contributed by atoms with van der Waals surface area (Å²) in [7, 11) is 0. The summed E-state index contributed by atoms with van der Waals surface area (Å²) in [5, 5.41) is 8.39. The number of benzene rings is 1. The Kier molecular flexibility index (Phi) is 5.76. The van der Waals surface area contributed by atoms with E-state index in [1.54, 1.807) is 18.6 Å². The Morgan fingerprint density at radius 3 is 2.77 bits per heavy atom. The van der Waals surface area contributed by atoms with Crippen LogP contribution in [0.1, 0.15) is 28.4 Å². The molecule has 4 rings (SSSR count). The predicted molar refractivity (Wildman–Crippen MR) is 111 cm³/mol. The second kappa shape index (κ2) is 8.62. The molecule has 30 heavy (non-hydrogen) atoms. The molecule has 1 saturated heterocycles. The fourth-order valence-electron chi connectivity index (χ4n) is 3.49. The van der Waals surface area contributed by atoms with Crippen molar-refractivity contribution in [3.63, 3.8) is 0 Å². The van der Waals surface area contributed by atoms with Gasteiger partial charge in [0, 0.05) is 11.8 Å². The van der Waals surface area contributed by atoms with E-state index in [0.29, 0.717) is 36.9 Å². The van der Waals surface area contributed by atoms with Crippen molar-refractivity contribution in [3.05, 3.63) is 65.6 Å². The minimum Gasteiger partial charge on any atom is -0.475 e. The molecule has 156 valence electrons. The summed E-state index contributed by atoms with van der Waals surface area (Å²) in [4.78, 5) is 21.1. The van der Waals surface area contributed by atoms with Crippen LogP contribution in [-0.4, -0.2) is 62.7 Å². The van der Waals surface area contributed by atoms with E-state index in [1.807, 2.05) is 56.0 Å². The van der Waals surface area contributed by atoms with Gasteiger partial charge in [0.25, 0.3) is 5.91 Å². The third-order valence-electron chi connectivity index (χ3n) is 5.15. The van der Waals surface area contributed by atoms with Crippen molar-refractivity contribution in [1.82, 2.24) is 24.9 Å². The molecule has 2 aromatic heterocycles. The average Bonchev–Trinajstić information content (AvgIpc) is 3.28. The van der Waals surface area contributed by atoms with Crippen LogP contribution in [0.2, 0.25) is 0 Å². The molecule has 0 N–H and O–H groups in total. The third-order valence-corrected chi connectivity index (χ3v) is 5.15. The van der Waals surface area contributed by atoms with Crippen LogP contribution >= 0.6 is 0 Å². The molecule has 1 amide bonds. The van der Waals surface area contributed by atoms with E-state index in [2.05, 4.69) is 15.2 Å². The van der Waals surface area contributed by atoms with Crippen molar-refractivity contribution in [3.8, 4) is 11.6 Å². The Balaban J connectivity index is 1.52. The van der Waals surface area contributed by atoms with Crippen molar-refractivity contribution in [2.45, 2.75) is 32.9 Å². The lowest BCUT2D eigenvalue weighted by atomic mass is 10.1. The number of hydrogen-bond acceptors (Lipinski definition) is 6. The molecule has 0 saturated carbocycles. The first-order chi connectivity index (χ1) is 14.5. The topological polar surface area (TPSA) is 82.4 Å². The van der Waals surface area contributed by atoms with Gasteiger partial charge < -0.3 is 14.4 Å². The van der Waals surface area contributed by atoms with Gasteiger partial charge in [0.15, 0.2) is 0 Å². The lowest BCUT2D eigenvalue weighted by molar-refractivity contribution is -0.0633. The maximum atomic E-state index is 13.5. The summed E-state index contributed by atoms with van der Waals surface area (Å²) in [6.45, 7) is 7.11. The number of rotatable bonds is 5. The van der Waals surface area contributed by atoms with E-state index in [1.165, 1.54) is 4.80 Å². The molecular formula is C22H25N5O3. The fourth-order valence-corrected chi connectivity index (χ4v) is 3.49. The highest BCUT2D eigenvalue weighted by atomic mass is 16.5. The van der Waals surface area contributed by atoms with Crippen molar-refractivity contribution in [2.75, 3.05) is 19.8 Å². The van der Waals surface area contributed by atoms with Gasteiger partial charge >= 0.3 is 0 Å². The van der Waals surface area contributed by atoms with Crippen LogP contribution in [0.25, 0.3) is 5.69 Å². The zero-order valence-electron chi connectivity index (χ0n) is 17.4. The standard InChI is InChI=1S/C22H25N5O3/c1-15-6-7-20(27-24-9-10-25-27)19(11-15)22(28)26-12-18(29-13-17(26)3)14-30-21-16(2)5-4-8-23-21/h4-11,17-18H,12-14H2,1-3H3. The van der Waals surface area contributed by atoms with Crippen molar-refractivity contribution in [1.29, 1.82) is 0 Å². The van der Waals surface area contributed by atoms with Crippen LogP contribution < -0.4 is 4.74 Å². The van der Waals surface area contributed by atoms with Gasteiger partial charge in [0.2, 0.25) is 5.88 Å². The second-order valence-electron chi connectivity index (χ2n) is 7.54. The molecule has 1 aliphatic heterocycles. The first kappa shape index (κ1) is 20.0. The maximum Gasteiger partial charge on any atom is 0.256 e. The van der Waals surface area contributed by atoms with Crippen LogP contribution in [0.4, 0.5) is 0 Å². The van der Waals surface area contributed by atoms with Crippen molar-refractivity contribution >= 4 is 5.91 Å². The Labute approximate surface area is 175 Å². The normalized spacial score (nSPS) is 19.0. The summed E-state index contributed by atoms with van der Waals surface area (Å²) in [5.41, 5.74) is 3.19. The minimum absolute atomic E-state index is 0.0516. The van der Waals surface area contributed by atoms with Crippen molar-refractivity contribution < 1.29 is 14.3 Å². The van der Waals surface area contributed by atoms with Gasteiger partial charge in [-0.3, -0.25) is 4.79 Å². The monoisotopic (exact) mass is 407 g/mol. The molecule has 0 bridgehead atoms. The molecule has 3 aromatic rings. The van der Waals surface area contributed by atoms with Crippen LogP contribution in [0, 0.1) is 13.8 Å². The highest BCUT2D eigenvalue weighted by Crippen LogP contribution is 2.22. The number of nitrogens with zero attached hydrogens (tertiary/aromatic N) is 5. The number of aromatic nitrogens is 4. The number of carbonyl (C=O) groups excluding carboxylic acids is 1. The van der Waals surface area contributed by atoms with Gasteiger partial charge in [0.05, 0.1) is 42.8 Å². The Morgan fingerprint density at radius 2 is 2.00 bits per heavy atom. The lowest BCUT2D eigenvalue weighted by Crippen LogP contribution is -2.52. The molecule has 2 atom stereocenters. The summed E-state index contributed by atoms with van der Waals surface area (Å²) < 4.78 is 11.8. The zero-order valence-corrected chi connectivity index (χ0v) is 17.4. The van der Waals surface area contributed by atoms with Crippen molar-refractivity contribution in [2.24, 2.45) is 0 Å². The van der Waals surface area contributed by atoms with E-state index < -0.39 is 0 Å². The molecule has 8 heteroatoms. The minimum atomic E-state index is -0.234. The number of carbonyl (C=O) groups is 1. The number of aryl methyl sites for hydroxylation is 2. The summed E-state index contributed by atoms with van der Waals surface area (Å²) in [6.07, 6.45) is 4.66. The Morgan fingerprint density at radius 1 is 1.20 bits per heavy atom. The van der Waals surface area contributed by atoms with E-state index in [0.717, 1.165) is 11.1 Å². The van der Waals surface area contributed by atoms with Gasteiger partial charge in [-0.25, -0.2) is 4.98 Å². The van der Waals surface area contributed by atoms with E-state index in [-0.39, 0.29) is 18.1 Å². The average molecular weight is 407 g/mol. The molecule has 3 heterocycles. The lowest BCUT2D eigenvalue weighted by Gasteiger charge is -2.38. The van der Waals surface area contributed by atoms with Crippen LogP contribution in [0.5, 0.6) is 5.88 Å². The molecule has 1 aromatic carbocycles. The number of morpholine rings is 1. The zero-order chi connectivity index (χ0) is 21.1. The highest BCUT2D eigenvalue weighted by molar-refractivity contribution is 5.98. The van der Waals surface area contributed by atoms with Crippen LogP contribution in [0.3, 0.4) is 0 Å². The van der Waals surface area contributed by atoms with Gasteiger partial charge in [0.1, 0.15) is 12.7 Å². The number of amides is 1. The fraction of sp³-hybridized carbons (Fsp3) is 0.364. The van der Waals surface area contributed by atoms with Gasteiger partial charge in [-0.1, -0.05) is 17.7 Å². The summed E-state index contributed by atoms with van der Waals surface area (Å²) in [5.74, 6) is 0.518. The van der Waals surface area contributed by atoms with E-state index >= 15 is 0 Å². The predicted octanol–water partition coefficient (Wildman–Crippen LogP) is 2.59. The Hall–Kier alpha value is -3.26. The molecule has 0 radical (unpaired) electrons. The smallest absolute Gasteiger partial charge is 0.256 e. The van der Waals surface area contributed by atoms with Crippen LogP contribution in [-0.2, 0) is 4.74 Å². The summed E-state index contributed by atoms with van der Waals surface area (Å²) in [6, 6.07) is 9.47. The highest BCUT2D eigenvalue weighted by Gasteiger charge is 2.32. The number of pyridine rings is 1. The molecule has 2 unspecified atom stereocenters. The molecule has 0 aliphatic carbocycles. The first-order valence-electron chi connectivity index (χ1n) is 9.97. The quantitative estimate of drug-likeness (QED) is 0.647.